The Morgan fingerprint density at radius 1 is 1.19 bits per heavy atom. The molecule has 0 amide bonds. The predicted molar refractivity (Wildman–Crippen MR) is 80.8 cm³/mol. The van der Waals surface area contributed by atoms with E-state index in [2.05, 4.69) is 35.7 Å². The Morgan fingerprint density at radius 3 is 2.81 bits per heavy atom. The second-order valence-electron chi connectivity index (χ2n) is 4.09. The highest BCUT2D eigenvalue weighted by Crippen LogP contribution is 2.09. The second kappa shape index (κ2) is 6.27. The van der Waals surface area contributed by atoms with Crippen molar-refractivity contribution in [1.29, 1.82) is 0 Å². The normalized spacial score (nSPS) is 10.5. The van der Waals surface area contributed by atoms with Gasteiger partial charge in [-0.2, -0.15) is 20.1 Å². The van der Waals surface area contributed by atoms with E-state index in [0.717, 1.165) is 11.4 Å². The molecule has 0 aromatic carbocycles. The van der Waals surface area contributed by atoms with Gasteiger partial charge < -0.3 is 10.6 Å². The summed E-state index contributed by atoms with van der Waals surface area (Å²) in [4.78, 5) is 17.1. The first kappa shape index (κ1) is 13.4. The summed E-state index contributed by atoms with van der Waals surface area (Å²) in [6.45, 7) is 0.708. The molecule has 0 atom stereocenters. The monoisotopic (exact) mass is 302 g/mol. The van der Waals surface area contributed by atoms with Crippen molar-refractivity contribution in [2.75, 3.05) is 24.2 Å². The summed E-state index contributed by atoms with van der Waals surface area (Å²) in [5.74, 6) is 1.47. The van der Waals surface area contributed by atoms with Crippen molar-refractivity contribution in [2.24, 2.45) is 0 Å². The van der Waals surface area contributed by atoms with Crippen molar-refractivity contribution in [1.82, 2.24) is 29.7 Å². The van der Waals surface area contributed by atoms with Crippen LogP contribution in [0.3, 0.4) is 0 Å². The van der Waals surface area contributed by atoms with Gasteiger partial charge in [-0.25, -0.2) is 9.67 Å². The van der Waals surface area contributed by atoms with Crippen LogP contribution < -0.4 is 10.6 Å². The Bertz CT molecular complexity index is 679. The Labute approximate surface area is 125 Å². The summed E-state index contributed by atoms with van der Waals surface area (Å²) >= 11 is 1.64. The van der Waals surface area contributed by atoms with E-state index >= 15 is 0 Å². The van der Waals surface area contributed by atoms with Gasteiger partial charge in [0.25, 0.3) is 5.95 Å². The average Bonchev–Trinajstić information content (AvgIpc) is 3.20. The van der Waals surface area contributed by atoms with Crippen LogP contribution in [0.1, 0.15) is 5.01 Å². The minimum atomic E-state index is 0.469. The summed E-state index contributed by atoms with van der Waals surface area (Å²) in [7, 11) is 1.77. The summed E-state index contributed by atoms with van der Waals surface area (Å²) in [6.07, 6.45) is 6.10. The number of hydrogen-bond acceptors (Lipinski definition) is 8. The van der Waals surface area contributed by atoms with Crippen LogP contribution in [0.2, 0.25) is 0 Å². The first-order valence-corrected chi connectivity index (χ1v) is 7.29. The van der Waals surface area contributed by atoms with E-state index < -0.39 is 0 Å². The maximum absolute atomic E-state index is 4.35. The zero-order chi connectivity index (χ0) is 14.5. The molecule has 2 N–H and O–H groups in total. The molecule has 0 fully saturated rings. The van der Waals surface area contributed by atoms with E-state index in [1.807, 2.05) is 11.4 Å². The molecule has 0 saturated carbocycles. The van der Waals surface area contributed by atoms with Gasteiger partial charge in [0.05, 0.1) is 5.01 Å². The fraction of sp³-hybridized carbons (Fsp3) is 0.250. The number of rotatable bonds is 6. The van der Waals surface area contributed by atoms with E-state index in [1.165, 1.54) is 0 Å². The highest BCUT2D eigenvalue weighted by atomic mass is 32.1. The van der Waals surface area contributed by atoms with Crippen molar-refractivity contribution in [2.45, 2.75) is 6.42 Å². The lowest BCUT2D eigenvalue weighted by Crippen LogP contribution is -2.13. The summed E-state index contributed by atoms with van der Waals surface area (Å²) < 4.78 is 1.59. The van der Waals surface area contributed by atoms with E-state index in [0.29, 0.717) is 24.4 Å². The molecule has 3 aromatic heterocycles. The number of nitrogens with zero attached hydrogens (tertiary/aromatic N) is 6. The molecule has 3 aromatic rings. The minimum absolute atomic E-state index is 0.469. The van der Waals surface area contributed by atoms with Crippen LogP contribution in [-0.4, -0.2) is 43.3 Å². The largest absolute Gasteiger partial charge is 0.357 e. The molecule has 0 aliphatic heterocycles. The molecule has 9 heteroatoms. The molecule has 0 aliphatic rings. The van der Waals surface area contributed by atoms with Gasteiger partial charge in [0.1, 0.15) is 0 Å². The van der Waals surface area contributed by atoms with Crippen LogP contribution in [0.4, 0.5) is 11.9 Å². The van der Waals surface area contributed by atoms with Crippen molar-refractivity contribution < 1.29 is 0 Å². The Hall–Kier alpha value is -2.55. The summed E-state index contributed by atoms with van der Waals surface area (Å²) in [5, 5.41) is 13.3. The lowest BCUT2D eigenvalue weighted by atomic mass is 10.4. The number of aromatic nitrogens is 6. The van der Waals surface area contributed by atoms with E-state index in [9.17, 15) is 0 Å². The Morgan fingerprint density at radius 2 is 2.10 bits per heavy atom. The highest BCUT2D eigenvalue weighted by Gasteiger charge is 2.07. The van der Waals surface area contributed by atoms with E-state index in [1.54, 1.807) is 41.7 Å². The van der Waals surface area contributed by atoms with Gasteiger partial charge in [0, 0.05) is 44.0 Å². The smallest absolute Gasteiger partial charge is 0.257 e. The van der Waals surface area contributed by atoms with Gasteiger partial charge in [-0.1, -0.05) is 0 Å². The van der Waals surface area contributed by atoms with E-state index in [4.69, 9.17) is 0 Å². The fourth-order valence-corrected chi connectivity index (χ4v) is 2.32. The highest BCUT2D eigenvalue weighted by molar-refractivity contribution is 7.09. The maximum atomic E-state index is 4.35. The Balaban J connectivity index is 1.73. The lowest BCUT2D eigenvalue weighted by Gasteiger charge is -2.07. The van der Waals surface area contributed by atoms with Crippen LogP contribution in [0, 0.1) is 0 Å². The number of thiazole rings is 1. The zero-order valence-electron chi connectivity index (χ0n) is 11.4. The SMILES string of the molecule is CNc1nc(NCCc2nccs2)nc(-n2cccn2)n1. The molecular weight excluding hydrogens is 288 g/mol. The van der Waals surface area contributed by atoms with Gasteiger partial charge >= 0.3 is 0 Å². The zero-order valence-corrected chi connectivity index (χ0v) is 12.2. The van der Waals surface area contributed by atoms with Crippen molar-refractivity contribution in [3.8, 4) is 5.95 Å². The first-order chi connectivity index (χ1) is 10.3. The third-order valence-electron chi connectivity index (χ3n) is 2.66. The van der Waals surface area contributed by atoms with E-state index in [-0.39, 0.29) is 0 Å². The Kier molecular flexibility index (Phi) is 4.01. The molecule has 21 heavy (non-hydrogen) atoms. The third-order valence-corrected chi connectivity index (χ3v) is 3.50. The average molecular weight is 302 g/mol. The van der Waals surface area contributed by atoms with Crippen molar-refractivity contribution >= 4 is 23.2 Å². The van der Waals surface area contributed by atoms with Gasteiger partial charge in [-0.3, -0.25) is 0 Å². The number of hydrogen-bond donors (Lipinski definition) is 2. The molecule has 108 valence electrons. The lowest BCUT2D eigenvalue weighted by molar-refractivity contribution is 0.796. The fourth-order valence-electron chi connectivity index (χ4n) is 1.70. The molecular formula is C12H14N8S. The molecule has 3 rings (SSSR count). The van der Waals surface area contributed by atoms with Crippen LogP contribution in [0.25, 0.3) is 5.95 Å². The van der Waals surface area contributed by atoms with Crippen molar-refractivity contribution in [3.63, 3.8) is 0 Å². The molecule has 3 heterocycles. The molecule has 0 bridgehead atoms. The number of nitrogens with one attached hydrogen (secondary N) is 2. The van der Waals surface area contributed by atoms with Crippen LogP contribution in [-0.2, 0) is 6.42 Å². The van der Waals surface area contributed by atoms with Gasteiger partial charge in [-0.15, -0.1) is 11.3 Å². The molecule has 0 unspecified atom stereocenters. The molecule has 8 nitrogen and oxygen atoms in total. The van der Waals surface area contributed by atoms with Crippen LogP contribution in [0.15, 0.2) is 30.0 Å². The first-order valence-electron chi connectivity index (χ1n) is 6.41. The van der Waals surface area contributed by atoms with Crippen LogP contribution in [0.5, 0.6) is 0 Å². The van der Waals surface area contributed by atoms with Gasteiger partial charge in [-0.05, 0) is 6.07 Å². The molecule has 0 spiro atoms. The molecule has 0 saturated heterocycles. The number of anilines is 2. The topological polar surface area (TPSA) is 93.4 Å². The van der Waals surface area contributed by atoms with Gasteiger partial charge in [0.15, 0.2) is 0 Å². The molecule has 0 aliphatic carbocycles. The summed E-state index contributed by atoms with van der Waals surface area (Å²) in [6, 6.07) is 1.82. The van der Waals surface area contributed by atoms with Crippen LogP contribution >= 0.6 is 11.3 Å². The summed E-state index contributed by atoms with van der Waals surface area (Å²) in [5.41, 5.74) is 0. The second-order valence-corrected chi connectivity index (χ2v) is 5.06. The van der Waals surface area contributed by atoms with Crippen molar-refractivity contribution in [3.05, 3.63) is 35.0 Å². The predicted octanol–water partition coefficient (Wildman–Crippen LogP) is 1.21. The maximum Gasteiger partial charge on any atom is 0.257 e. The third kappa shape index (κ3) is 3.31. The van der Waals surface area contributed by atoms with Gasteiger partial charge in [0.2, 0.25) is 11.9 Å². The standard InChI is InChI=1S/C12H14N8S/c1-13-10-17-11(15-5-3-9-14-6-8-21-9)19-12(18-10)20-7-2-4-16-20/h2,4,6-8H,3,5H2,1H3,(H2,13,15,17,18,19). The molecule has 0 radical (unpaired) electrons. The quantitative estimate of drug-likeness (QED) is 0.707. The minimum Gasteiger partial charge on any atom is -0.357 e.